The molecule has 0 unspecified atom stereocenters. The van der Waals surface area contributed by atoms with E-state index in [9.17, 15) is 0 Å². The molecule has 0 fully saturated rings. The fourth-order valence-electron chi connectivity index (χ4n) is 1.38. The van der Waals surface area contributed by atoms with Crippen molar-refractivity contribution in [3.05, 3.63) is 58.9 Å². The number of pyridine rings is 1. The van der Waals surface area contributed by atoms with Crippen LogP contribution >= 0.6 is 23.4 Å². The minimum Gasteiger partial charge on any atom is -0.392 e. The molecule has 1 aromatic carbocycles. The molecule has 0 radical (unpaired) electrons. The quantitative estimate of drug-likeness (QED) is 0.859. The number of thioether (sulfide) groups is 1. The van der Waals surface area contributed by atoms with Gasteiger partial charge in [0.15, 0.2) is 0 Å². The summed E-state index contributed by atoms with van der Waals surface area (Å²) in [7, 11) is 0. The zero-order valence-electron chi connectivity index (χ0n) is 9.14. The summed E-state index contributed by atoms with van der Waals surface area (Å²) >= 11 is 7.59. The highest BCUT2D eigenvalue weighted by Crippen LogP contribution is 2.23. The largest absolute Gasteiger partial charge is 0.392 e. The summed E-state index contributed by atoms with van der Waals surface area (Å²) in [5.74, 6) is 0.791. The molecule has 0 amide bonds. The molecule has 1 aromatic heterocycles. The molecule has 0 spiro atoms. The Bertz CT molecular complexity index is 487. The molecule has 1 N–H and O–H groups in total. The lowest BCUT2D eigenvalue weighted by Gasteiger charge is -2.03. The Morgan fingerprint density at radius 3 is 2.59 bits per heavy atom. The van der Waals surface area contributed by atoms with E-state index < -0.39 is 0 Å². The van der Waals surface area contributed by atoms with Crippen molar-refractivity contribution in [3.63, 3.8) is 0 Å². The van der Waals surface area contributed by atoms with E-state index in [1.165, 1.54) is 0 Å². The standard InChI is InChI=1S/C13H12ClNOS/c14-11-5-6-15-12(7-11)9-17-13-3-1-10(8-16)2-4-13/h1-7,16H,8-9H2. The summed E-state index contributed by atoms with van der Waals surface area (Å²) in [4.78, 5) is 5.40. The van der Waals surface area contributed by atoms with Crippen LogP contribution in [0.5, 0.6) is 0 Å². The van der Waals surface area contributed by atoms with Gasteiger partial charge in [0.25, 0.3) is 0 Å². The summed E-state index contributed by atoms with van der Waals surface area (Å²) in [6.45, 7) is 0.0841. The van der Waals surface area contributed by atoms with Gasteiger partial charge >= 0.3 is 0 Å². The minimum absolute atomic E-state index is 0.0841. The van der Waals surface area contributed by atoms with Gasteiger partial charge in [0.2, 0.25) is 0 Å². The highest BCUT2D eigenvalue weighted by molar-refractivity contribution is 7.98. The van der Waals surface area contributed by atoms with Crippen molar-refractivity contribution in [3.8, 4) is 0 Å². The lowest BCUT2D eigenvalue weighted by Crippen LogP contribution is -1.86. The molecule has 0 aliphatic heterocycles. The van der Waals surface area contributed by atoms with Gasteiger partial charge in [0, 0.05) is 21.9 Å². The van der Waals surface area contributed by atoms with Crippen molar-refractivity contribution < 1.29 is 5.11 Å². The topological polar surface area (TPSA) is 33.1 Å². The monoisotopic (exact) mass is 265 g/mol. The van der Waals surface area contributed by atoms with Crippen LogP contribution in [-0.4, -0.2) is 10.1 Å². The number of hydrogen-bond acceptors (Lipinski definition) is 3. The Kier molecular flexibility index (Phi) is 4.42. The van der Waals surface area contributed by atoms with E-state index >= 15 is 0 Å². The molecular formula is C13H12ClNOS. The molecule has 0 atom stereocenters. The molecule has 88 valence electrons. The van der Waals surface area contributed by atoms with Crippen LogP contribution in [0.3, 0.4) is 0 Å². The van der Waals surface area contributed by atoms with Gasteiger partial charge in [-0.05, 0) is 29.8 Å². The third-order valence-corrected chi connectivity index (χ3v) is 3.55. The molecule has 2 nitrogen and oxygen atoms in total. The normalized spacial score (nSPS) is 10.5. The first-order valence-corrected chi connectivity index (χ1v) is 6.57. The van der Waals surface area contributed by atoms with Gasteiger partial charge in [-0.15, -0.1) is 11.8 Å². The Morgan fingerprint density at radius 1 is 1.18 bits per heavy atom. The summed E-state index contributed by atoms with van der Waals surface area (Å²) < 4.78 is 0. The van der Waals surface area contributed by atoms with Gasteiger partial charge < -0.3 is 5.11 Å². The van der Waals surface area contributed by atoms with Crippen LogP contribution < -0.4 is 0 Å². The number of aliphatic hydroxyl groups is 1. The third kappa shape index (κ3) is 3.73. The first kappa shape index (κ1) is 12.4. The molecular weight excluding hydrogens is 254 g/mol. The molecule has 0 saturated heterocycles. The first-order valence-electron chi connectivity index (χ1n) is 5.21. The van der Waals surface area contributed by atoms with Crippen LogP contribution in [0.1, 0.15) is 11.3 Å². The van der Waals surface area contributed by atoms with E-state index in [4.69, 9.17) is 16.7 Å². The smallest absolute Gasteiger partial charge is 0.0681 e. The van der Waals surface area contributed by atoms with Crippen LogP contribution in [0.2, 0.25) is 5.02 Å². The van der Waals surface area contributed by atoms with E-state index in [0.717, 1.165) is 21.9 Å². The number of aliphatic hydroxyl groups excluding tert-OH is 1. The van der Waals surface area contributed by atoms with Crippen molar-refractivity contribution >= 4 is 23.4 Å². The highest BCUT2D eigenvalue weighted by atomic mass is 35.5. The van der Waals surface area contributed by atoms with Crippen LogP contribution in [0, 0.1) is 0 Å². The maximum absolute atomic E-state index is 8.94. The van der Waals surface area contributed by atoms with E-state index in [0.29, 0.717) is 5.02 Å². The third-order valence-electron chi connectivity index (χ3n) is 2.27. The molecule has 2 rings (SSSR count). The van der Waals surface area contributed by atoms with Gasteiger partial charge in [-0.3, -0.25) is 4.98 Å². The van der Waals surface area contributed by atoms with Crippen molar-refractivity contribution in [2.45, 2.75) is 17.3 Å². The van der Waals surface area contributed by atoms with Crippen molar-refractivity contribution in [1.29, 1.82) is 0 Å². The average molecular weight is 266 g/mol. The number of hydrogen-bond donors (Lipinski definition) is 1. The predicted molar refractivity (Wildman–Crippen MR) is 71.2 cm³/mol. The molecule has 0 aliphatic rings. The van der Waals surface area contributed by atoms with E-state index in [-0.39, 0.29) is 6.61 Å². The van der Waals surface area contributed by atoms with E-state index in [1.807, 2.05) is 30.3 Å². The van der Waals surface area contributed by atoms with E-state index in [2.05, 4.69) is 4.98 Å². The van der Waals surface area contributed by atoms with Crippen LogP contribution in [0.15, 0.2) is 47.5 Å². The summed E-state index contributed by atoms with van der Waals surface area (Å²) in [6.07, 6.45) is 1.72. The summed E-state index contributed by atoms with van der Waals surface area (Å²) in [5.41, 5.74) is 1.89. The van der Waals surface area contributed by atoms with Gasteiger partial charge in [0.05, 0.1) is 12.3 Å². The maximum Gasteiger partial charge on any atom is 0.0681 e. The van der Waals surface area contributed by atoms with Gasteiger partial charge in [-0.25, -0.2) is 0 Å². The number of halogens is 1. The second-order valence-corrected chi connectivity index (χ2v) is 5.04. The lowest BCUT2D eigenvalue weighted by molar-refractivity contribution is 0.282. The fourth-order valence-corrected chi connectivity index (χ4v) is 2.36. The molecule has 0 bridgehead atoms. The number of rotatable bonds is 4. The van der Waals surface area contributed by atoms with E-state index in [1.54, 1.807) is 24.0 Å². The number of aromatic nitrogens is 1. The fraction of sp³-hybridized carbons (Fsp3) is 0.154. The van der Waals surface area contributed by atoms with Crippen molar-refractivity contribution in [1.82, 2.24) is 4.98 Å². The molecule has 4 heteroatoms. The molecule has 0 saturated carbocycles. The molecule has 0 aliphatic carbocycles. The summed E-state index contributed by atoms with van der Waals surface area (Å²) in [5, 5.41) is 9.65. The number of nitrogens with zero attached hydrogens (tertiary/aromatic N) is 1. The molecule has 17 heavy (non-hydrogen) atoms. The molecule has 2 aromatic rings. The van der Waals surface area contributed by atoms with Crippen LogP contribution in [-0.2, 0) is 12.4 Å². The Hall–Kier alpha value is -1.03. The SMILES string of the molecule is OCc1ccc(SCc2cc(Cl)ccn2)cc1. The zero-order chi connectivity index (χ0) is 12.1. The Balaban J connectivity index is 1.97. The van der Waals surface area contributed by atoms with Crippen LogP contribution in [0.25, 0.3) is 0 Å². The van der Waals surface area contributed by atoms with Gasteiger partial charge in [-0.1, -0.05) is 23.7 Å². The second-order valence-electron chi connectivity index (χ2n) is 3.56. The maximum atomic E-state index is 8.94. The number of benzene rings is 1. The summed E-state index contributed by atoms with van der Waals surface area (Å²) in [6, 6.07) is 11.5. The Labute approximate surface area is 110 Å². The van der Waals surface area contributed by atoms with Crippen LogP contribution in [0.4, 0.5) is 0 Å². The Morgan fingerprint density at radius 2 is 1.94 bits per heavy atom. The van der Waals surface area contributed by atoms with Gasteiger partial charge in [0.1, 0.15) is 0 Å². The highest BCUT2D eigenvalue weighted by Gasteiger charge is 1.99. The predicted octanol–water partition coefficient (Wildman–Crippen LogP) is 3.52. The lowest BCUT2D eigenvalue weighted by atomic mass is 10.2. The van der Waals surface area contributed by atoms with Gasteiger partial charge in [-0.2, -0.15) is 0 Å². The van der Waals surface area contributed by atoms with Crippen molar-refractivity contribution in [2.24, 2.45) is 0 Å². The molecule has 1 heterocycles. The first-order chi connectivity index (χ1) is 8.28. The second kappa shape index (κ2) is 6.05. The van der Waals surface area contributed by atoms with Crippen molar-refractivity contribution in [2.75, 3.05) is 0 Å². The minimum atomic E-state index is 0.0841. The zero-order valence-corrected chi connectivity index (χ0v) is 10.7. The average Bonchev–Trinajstić information content (AvgIpc) is 2.37.